The number of hydrogen-bond acceptors (Lipinski definition) is 8. The van der Waals surface area contributed by atoms with E-state index in [-0.39, 0.29) is 29.1 Å². The van der Waals surface area contributed by atoms with Gasteiger partial charge in [-0.15, -0.1) is 16.4 Å². The first kappa shape index (κ1) is 21.7. The van der Waals surface area contributed by atoms with Crippen LogP contribution in [0, 0.1) is 0 Å². The molecule has 2 aromatic heterocycles. The van der Waals surface area contributed by atoms with Gasteiger partial charge in [-0.1, -0.05) is 41.6 Å². The molecule has 2 aliphatic heterocycles. The zero-order chi connectivity index (χ0) is 22.1. The Morgan fingerprint density at radius 1 is 1.12 bits per heavy atom. The summed E-state index contributed by atoms with van der Waals surface area (Å²) >= 11 is 1.19. The van der Waals surface area contributed by atoms with E-state index in [4.69, 9.17) is 9.47 Å². The minimum Gasteiger partial charge on any atom is -0.371 e. The molecule has 4 atom stereocenters. The van der Waals surface area contributed by atoms with Gasteiger partial charge in [0.15, 0.2) is 0 Å². The van der Waals surface area contributed by atoms with Gasteiger partial charge in [0.05, 0.1) is 31.1 Å². The van der Waals surface area contributed by atoms with Crippen molar-refractivity contribution >= 4 is 21.4 Å². The summed E-state index contributed by atoms with van der Waals surface area (Å²) in [5, 5.41) is 10.4. The van der Waals surface area contributed by atoms with Crippen LogP contribution in [-0.4, -0.2) is 66.8 Å². The molecule has 32 heavy (non-hydrogen) atoms. The second-order valence-corrected chi connectivity index (χ2v) is 11.1. The summed E-state index contributed by atoms with van der Waals surface area (Å²) in [5.74, 6) is 0. The van der Waals surface area contributed by atoms with Gasteiger partial charge in [-0.2, -0.15) is 0 Å². The average molecular weight is 476 g/mol. The van der Waals surface area contributed by atoms with Crippen molar-refractivity contribution in [1.82, 2.24) is 24.6 Å². The topological polar surface area (TPSA) is 98.6 Å². The van der Waals surface area contributed by atoms with Crippen molar-refractivity contribution < 1.29 is 17.9 Å². The molecule has 0 radical (unpaired) electrons. The first-order valence-corrected chi connectivity index (χ1v) is 12.8. The van der Waals surface area contributed by atoms with Crippen molar-refractivity contribution in [3.8, 4) is 0 Å². The number of ether oxygens (including phenoxy) is 2. The fourth-order valence-electron chi connectivity index (χ4n) is 4.26. The molecule has 5 rings (SSSR count). The molecular weight excluding hydrogens is 450 g/mol. The molecule has 0 unspecified atom stereocenters. The molecule has 0 saturated carbocycles. The van der Waals surface area contributed by atoms with Crippen LogP contribution < -0.4 is 4.72 Å². The standard InChI is InChI=1S/C21H25N5O4S2/c1-25(10-15-6-3-2-4-7-15)11-16-12-26(24-22-16)18-14-30-20-17(13-29-21(18)20)23-32(27,28)19-8-5-9-31-19/h2-9,12,17-18,20-21,23H,10-11,13-14H2,1H3/t17-,18-,20+,21+/m0/s1. The molecular formula is C21H25N5O4S2. The zero-order valence-corrected chi connectivity index (χ0v) is 19.2. The summed E-state index contributed by atoms with van der Waals surface area (Å²) in [4.78, 5) is 2.18. The maximum Gasteiger partial charge on any atom is 0.250 e. The van der Waals surface area contributed by atoms with Gasteiger partial charge in [0.25, 0.3) is 0 Å². The minimum atomic E-state index is -3.59. The predicted molar refractivity (Wildman–Crippen MR) is 119 cm³/mol. The van der Waals surface area contributed by atoms with Crippen LogP contribution in [0.3, 0.4) is 0 Å². The molecule has 11 heteroatoms. The Morgan fingerprint density at radius 3 is 2.72 bits per heavy atom. The van der Waals surface area contributed by atoms with E-state index in [1.807, 2.05) is 31.4 Å². The third-order valence-corrected chi connectivity index (χ3v) is 8.61. The molecule has 0 spiro atoms. The largest absolute Gasteiger partial charge is 0.371 e. The van der Waals surface area contributed by atoms with Gasteiger partial charge >= 0.3 is 0 Å². The second kappa shape index (κ2) is 9.00. The van der Waals surface area contributed by atoms with E-state index in [9.17, 15) is 8.42 Å². The smallest absolute Gasteiger partial charge is 0.250 e. The number of thiophene rings is 1. The zero-order valence-electron chi connectivity index (χ0n) is 17.6. The third-order valence-electron chi connectivity index (χ3n) is 5.72. The molecule has 1 N–H and O–H groups in total. The van der Waals surface area contributed by atoms with E-state index in [1.165, 1.54) is 16.9 Å². The molecule has 2 saturated heterocycles. The maximum atomic E-state index is 12.6. The van der Waals surface area contributed by atoms with Crippen molar-refractivity contribution in [3.05, 3.63) is 65.3 Å². The van der Waals surface area contributed by atoms with E-state index in [0.29, 0.717) is 13.2 Å². The van der Waals surface area contributed by atoms with E-state index >= 15 is 0 Å². The van der Waals surface area contributed by atoms with Crippen LogP contribution in [0.1, 0.15) is 17.3 Å². The van der Waals surface area contributed by atoms with Crippen molar-refractivity contribution in [3.63, 3.8) is 0 Å². The monoisotopic (exact) mass is 475 g/mol. The summed E-state index contributed by atoms with van der Waals surface area (Å²) in [6.07, 6.45) is 1.29. The molecule has 0 bridgehead atoms. The van der Waals surface area contributed by atoms with E-state index in [2.05, 4.69) is 32.1 Å². The number of aromatic nitrogens is 3. The highest BCUT2D eigenvalue weighted by atomic mass is 32.2. The number of fused-ring (bicyclic) bond motifs is 1. The SMILES string of the molecule is CN(Cc1ccccc1)Cc1cn([C@H]2CO[C@H]3[C@@H]2OC[C@@H]3NS(=O)(=O)c2cccs2)nn1. The van der Waals surface area contributed by atoms with E-state index < -0.39 is 16.1 Å². The first-order valence-electron chi connectivity index (χ1n) is 10.4. The lowest BCUT2D eigenvalue weighted by atomic mass is 10.1. The molecule has 0 amide bonds. The van der Waals surface area contributed by atoms with E-state index in [1.54, 1.807) is 22.2 Å². The van der Waals surface area contributed by atoms with Crippen molar-refractivity contribution in [2.45, 2.75) is 41.6 Å². The molecule has 2 aliphatic rings. The number of nitrogens with zero attached hydrogens (tertiary/aromatic N) is 4. The Morgan fingerprint density at radius 2 is 1.94 bits per heavy atom. The van der Waals surface area contributed by atoms with Crippen LogP contribution in [0.25, 0.3) is 0 Å². The van der Waals surface area contributed by atoms with Gasteiger partial charge in [0.2, 0.25) is 10.0 Å². The van der Waals surface area contributed by atoms with Gasteiger partial charge in [0, 0.05) is 13.1 Å². The quantitative estimate of drug-likeness (QED) is 0.529. The summed E-state index contributed by atoms with van der Waals surface area (Å²) in [6.45, 7) is 2.15. The van der Waals surface area contributed by atoms with Crippen LogP contribution in [-0.2, 0) is 32.6 Å². The Kier molecular flexibility index (Phi) is 6.10. The lowest BCUT2D eigenvalue weighted by Gasteiger charge is -2.17. The fraction of sp³-hybridized carbons (Fsp3) is 0.429. The molecule has 2 fully saturated rings. The van der Waals surface area contributed by atoms with Crippen LogP contribution in [0.4, 0.5) is 0 Å². The molecule has 0 aliphatic carbocycles. The Hall–Kier alpha value is -2.15. The Bertz CT molecular complexity index is 1140. The minimum absolute atomic E-state index is 0.142. The van der Waals surface area contributed by atoms with Crippen LogP contribution in [0.15, 0.2) is 58.3 Å². The number of rotatable bonds is 8. The fourth-order valence-corrected chi connectivity index (χ4v) is 6.50. The van der Waals surface area contributed by atoms with Crippen LogP contribution in [0.2, 0.25) is 0 Å². The molecule has 3 aromatic rings. The predicted octanol–water partition coefficient (Wildman–Crippen LogP) is 1.66. The normalized spacial score (nSPS) is 25.4. The maximum absolute atomic E-state index is 12.6. The second-order valence-electron chi connectivity index (χ2n) is 8.17. The molecule has 4 heterocycles. The number of hydrogen-bond donors (Lipinski definition) is 1. The summed E-state index contributed by atoms with van der Waals surface area (Å²) < 4.78 is 41.9. The highest BCUT2D eigenvalue weighted by Gasteiger charge is 2.50. The van der Waals surface area contributed by atoms with Gasteiger partial charge in [-0.25, -0.2) is 17.8 Å². The van der Waals surface area contributed by atoms with Gasteiger partial charge in [-0.05, 0) is 24.1 Å². The molecule has 1 aromatic carbocycles. The third kappa shape index (κ3) is 4.49. The molecule has 9 nitrogen and oxygen atoms in total. The van der Waals surface area contributed by atoms with Gasteiger partial charge in [-0.3, -0.25) is 4.90 Å². The van der Waals surface area contributed by atoms with Crippen molar-refractivity contribution in [1.29, 1.82) is 0 Å². The van der Waals surface area contributed by atoms with Gasteiger partial charge < -0.3 is 9.47 Å². The highest BCUT2D eigenvalue weighted by Crippen LogP contribution is 2.34. The molecule has 170 valence electrons. The van der Waals surface area contributed by atoms with Crippen LogP contribution >= 0.6 is 11.3 Å². The highest BCUT2D eigenvalue weighted by molar-refractivity contribution is 7.91. The Labute approximate surface area is 191 Å². The van der Waals surface area contributed by atoms with E-state index in [0.717, 1.165) is 12.2 Å². The first-order chi connectivity index (χ1) is 15.5. The lowest BCUT2D eigenvalue weighted by molar-refractivity contribution is 0.0624. The van der Waals surface area contributed by atoms with Gasteiger partial charge in [0.1, 0.15) is 22.5 Å². The average Bonchev–Trinajstić information content (AvgIpc) is 3.55. The van der Waals surface area contributed by atoms with Crippen molar-refractivity contribution in [2.75, 3.05) is 20.3 Å². The van der Waals surface area contributed by atoms with Crippen molar-refractivity contribution in [2.24, 2.45) is 0 Å². The number of benzene rings is 1. The number of nitrogens with one attached hydrogen (secondary N) is 1. The lowest BCUT2D eigenvalue weighted by Crippen LogP contribution is -2.43. The number of sulfonamides is 1. The Balaban J connectivity index is 1.21. The summed E-state index contributed by atoms with van der Waals surface area (Å²) in [6, 6.07) is 13.0. The summed E-state index contributed by atoms with van der Waals surface area (Å²) in [5.41, 5.74) is 2.10. The summed E-state index contributed by atoms with van der Waals surface area (Å²) in [7, 11) is -1.54. The van der Waals surface area contributed by atoms with Crippen LogP contribution in [0.5, 0.6) is 0 Å².